The van der Waals surface area contributed by atoms with Gasteiger partial charge in [-0.15, -0.1) is 11.3 Å². The highest BCUT2D eigenvalue weighted by Crippen LogP contribution is 2.22. The van der Waals surface area contributed by atoms with Crippen molar-refractivity contribution in [1.29, 1.82) is 0 Å². The van der Waals surface area contributed by atoms with Gasteiger partial charge in [0.25, 0.3) is 0 Å². The van der Waals surface area contributed by atoms with Gasteiger partial charge in [-0.2, -0.15) is 0 Å². The monoisotopic (exact) mass is 230 g/mol. The highest BCUT2D eigenvalue weighted by atomic mass is 79.9. The lowest BCUT2D eigenvalue weighted by molar-refractivity contribution is -0.107. The summed E-state index contributed by atoms with van der Waals surface area (Å²) in [4.78, 5) is 11.1. The van der Waals surface area contributed by atoms with Gasteiger partial charge in [-0.25, -0.2) is 0 Å². The van der Waals surface area contributed by atoms with Crippen LogP contribution in [0.25, 0.3) is 6.08 Å². The first kappa shape index (κ1) is 8.68. The zero-order valence-corrected chi connectivity index (χ0v) is 8.19. The minimum Gasteiger partial charge on any atom is -0.303 e. The van der Waals surface area contributed by atoms with Crippen LogP contribution in [0.5, 0.6) is 0 Å². The molecule has 11 heavy (non-hydrogen) atoms. The van der Waals surface area contributed by atoms with E-state index in [9.17, 15) is 4.79 Å². The molecule has 58 valence electrons. The van der Waals surface area contributed by atoms with Crippen LogP contribution in [0, 0.1) is 0 Å². The van der Waals surface area contributed by atoms with Crippen molar-refractivity contribution in [2.45, 2.75) is 6.42 Å². The smallest absolute Gasteiger partial charge is 0.123 e. The van der Waals surface area contributed by atoms with Crippen LogP contribution in [0.1, 0.15) is 11.3 Å². The third-order valence-electron chi connectivity index (χ3n) is 1.11. The van der Waals surface area contributed by atoms with Crippen LogP contribution >= 0.6 is 27.3 Å². The summed E-state index contributed by atoms with van der Waals surface area (Å²) in [6.07, 6.45) is 5.18. The van der Waals surface area contributed by atoms with Crippen LogP contribution in [0.4, 0.5) is 0 Å². The summed E-state index contributed by atoms with van der Waals surface area (Å²) in [7, 11) is 0. The van der Waals surface area contributed by atoms with Crippen molar-refractivity contribution in [1.82, 2.24) is 0 Å². The summed E-state index contributed by atoms with van der Waals surface area (Å²) >= 11 is 5.01. The summed E-state index contributed by atoms with van der Waals surface area (Å²) in [6.45, 7) is 0. The quantitative estimate of drug-likeness (QED) is 0.730. The second-order valence-electron chi connectivity index (χ2n) is 1.95. The van der Waals surface area contributed by atoms with Gasteiger partial charge in [-0.1, -0.05) is 6.08 Å². The molecule has 0 aliphatic rings. The average molecular weight is 231 g/mol. The van der Waals surface area contributed by atoms with E-state index in [0.29, 0.717) is 6.42 Å². The highest BCUT2D eigenvalue weighted by molar-refractivity contribution is 9.11. The zero-order valence-electron chi connectivity index (χ0n) is 5.79. The zero-order chi connectivity index (χ0) is 8.10. The summed E-state index contributed by atoms with van der Waals surface area (Å²) in [6, 6.07) is 4.00. The van der Waals surface area contributed by atoms with Gasteiger partial charge in [-0.05, 0) is 34.1 Å². The van der Waals surface area contributed by atoms with E-state index >= 15 is 0 Å². The van der Waals surface area contributed by atoms with Gasteiger partial charge in [0.2, 0.25) is 0 Å². The third kappa shape index (κ3) is 2.99. The Kier molecular flexibility index (Phi) is 3.52. The first-order valence-electron chi connectivity index (χ1n) is 3.18. The number of aldehydes is 1. The maximum Gasteiger partial charge on any atom is 0.123 e. The highest BCUT2D eigenvalue weighted by Gasteiger charge is 1.90. The number of carbonyl (C=O) groups excluding carboxylic acids is 1. The van der Waals surface area contributed by atoms with E-state index in [0.717, 1.165) is 10.1 Å². The molecule has 0 aromatic carbocycles. The Hall–Kier alpha value is -0.410. The molecule has 0 amide bonds. The predicted octanol–water partition coefficient (Wildman–Crippen LogP) is 3.11. The van der Waals surface area contributed by atoms with E-state index < -0.39 is 0 Å². The van der Waals surface area contributed by atoms with Crippen molar-refractivity contribution in [3.05, 3.63) is 26.9 Å². The van der Waals surface area contributed by atoms with Crippen molar-refractivity contribution >= 4 is 39.6 Å². The van der Waals surface area contributed by atoms with Gasteiger partial charge >= 0.3 is 0 Å². The van der Waals surface area contributed by atoms with E-state index in [4.69, 9.17) is 0 Å². The fourth-order valence-corrected chi connectivity index (χ4v) is 2.01. The lowest BCUT2D eigenvalue weighted by Crippen LogP contribution is -1.64. The van der Waals surface area contributed by atoms with Gasteiger partial charge in [-0.3, -0.25) is 0 Å². The van der Waals surface area contributed by atoms with Crippen LogP contribution < -0.4 is 0 Å². The number of hydrogen-bond acceptors (Lipinski definition) is 2. The Balaban J connectivity index is 2.56. The van der Waals surface area contributed by atoms with E-state index in [1.165, 1.54) is 4.88 Å². The van der Waals surface area contributed by atoms with Gasteiger partial charge in [0.1, 0.15) is 6.29 Å². The number of halogens is 1. The SMILES string of the molecule is O=CC/C=C\c1ccc(Br)s1. The Morgan fingerprint density at radius 1 is 1.55 bits per heavy atom. The summed E-state index contributed by atoms with van der Waals surface area (Å²) in [5, 5.41) is 0. The molecule has 0 bridgehead atoms. The molecule has 0 atom stereocenters. The summed E-state index contributed by atoms with van der Waals surface area (Å²) in [5.41, 5.74) is 0. The molecular weight excluding hydrogens is 224 g/mol. The van der Waals surface area contributed by atoms with Crippen LogP contribution in [0.3, 0.4) is 0 Å². The van der Waals surface area contributed by atoms with Crippen LogP contribution in [0.15, 0.2) is 22.0 Å². The van der Waals surface area contributed by atoms with Crippen molar-refractivity contribution in [3.63, 3.8) is 0 Å². The fourth-order valence-electron chi connectivity index (χ4n) is 0.658. The molecule has 0 aliphatic carbocycles. The fraction of sp³-hybridized carbons (Fsp3) is 0.125. The van der Waals surface area contributed by atoms with Gasteiger partial charge < -0.3 is 4.79 Å². The average Bonchev–Trinajstić information content (AvgIpc) is 2.37. The molecule has 1 aromatic heterocycles. The molecule has 1 nitrogen and oxygen atoms in total. The molecule has 0 unspecified atom stereocenters. The van der Waals surface area contributed by atoms with E-state index in [1.807, 2.05) is 24.3 Å². The molecule has 0 saturated heterocycles. The third-order valence-corrected chi connectivity index (χ3v) is 2.70. The first-order valence-corrected chi connectivity index (χ1v) is 4.79. The lowest BCUT2D eigenvalue weighted by Gasteiger charge is -1.79. The Morgan fingerprint density at radius 3 is 2.91 bits per heavy atom. The standard InChI is InChI=1S/C8H7BrOS/c9-8-5-4-7(11-8)3-1-2-6-10/h1,3-6H,2H2/b3-1-. The van der Waals surface area contributed by atoms with Gasteiger partial charge in [0.05, 0.1) is 3.79 Å². The van der Waals surface area contributed by atoms with Crippen LogP contribution in [-0.2, 0) is 4.79 Å². The topological polar surface area (TPSA) is 17.1 Å². The molecule has 1 aromatic rings. The lowest BCUT2D eigenvalue weighted by atomic mass is 10.3. The Morgan fingerprint density at radius 2 is 2.36 bits per heavy atom. The number of rotatable bonds is 3. The predicted molar refractivity (Wildman–Crippen MR) is 51.7 cm³/mol. The molecule has 0 spiro atoms. The molecule has 0 aliphatic heterocycles. The van der Waals surface area contributed by atoms with Crippen LogP contribution in [0.2, 0.25) is 0 Å². The second-order valence-corrected chi connectivity index (χ2v) is 4.44. The summed E-state index contributed by atoms with van der Waals surface area (Å²) in [5.74, 6) is 0. The maximum absolute atomic E-state index is 9.94. The molecule has 0 fully saturated rings. The molecule has 1 heterocycles. The minimum absolute atomic E-state index is 0.496. The van der Waals surface area contributed by atoms with Crippen molar-refractivity contribution < 1.29 is 4.79 Å². The normalized spacial score (nSPS) is 10.6. The number of allylic oxidation sites excluding steroid dienone is 1. The number of thiophene rings is 1. The Bertz CT molecular complexity index is 265. The van der Waals surface area contributed by atoms with Gasteiger partial charge in [0, 0.05) is 11.3 Å². The molecule has 0 N–H and O–H groups in total. The van der Waals surface area contributed by atoms with E-state index in [2.05, 4.69) is 15.9 Å². The molecule has 0 saturated carbocycles. The number of carbonyl (C=O) groups is 1. The molecular formula is C8H7BrOS. The van der Waals surface area contributed by atoms with Crippen LogP contribution in [-0.4, -0.2) is 6.29 Å². The van der Waals surface area contributed by atoms with Crippen molar-refractivity contribution in [2.24, 2.45) is 0 Å². The molecule has 0 radical (unpaired) electrons. The van der Waals surface area contributed by atoms with Crippen molar-refractivity contribution in [3.8, 4) is 0 Å². The van der Waals surface area contributed by atoms with E-state index in [1.54, 1.807) is 11.3 Å². The Labute approximate surface area is 77.9 Å². The largest absolute Gasteiger partial charge is 0.303 e. The van der Waals surface area contributed by atoms with Gasteiger partial charge in [0.15, 0.2) is 0 Å². The second kappa shape index (κ2) is 4.46. The first-order chi connectivity index (χ1) is 5.33. The van der Waals surface area contributed by atoms with E-state index in [-0.39, 0.29) is 0 Å². The summed E-state index contributed by atoms with van der Waals surface area (Å²) < 4.78 is 1.11. The maximum atomic E-state index is 9.94. The molecule has 1 rings (SSSR count). The number of hydrogen-bond donors (Lipinski definition) is 0. The van der Waals surface area contributed by atoms with Crippen molar-refractivity contribution in [2.75, 3.05) is 0 Å². The minimum atomic E-state index is 0.496. The molecule has 3 heteroatoms.